The summed E-state index contributed by atoms with van der Waals surface area (Å²) >= 11 is 5.96. The van der Waals surface area contributed by atoms with Gasteiger partial charge >= 0.3 is 0 Å². The van der Waals surface area contributed by atoms with Gasteiger partial charge in [0.2, 0.25) is 0 Å². The van der Waals surface area contributed by atoms with Crippen molar-refractivity contribution >= 4 is 11.6 Å². The van der Waals surface area contributed by atoms with Gasteiger partial charge in [-0.3, -0.25) is 0 Å². The highest BCUT2D eigenvalue weighted by atomic mass is 35.5. The molecule has 1 aromatic carbocycles. The van der Waals surface area contributed by atoms with Crippen molar-refractivity contribution in [2.24, 2.45) is 0 Å². The van der Waals surface area contributed by atoms with Crippen LogP contribution >= 0.6 is 11.6 Å². The molecule has 0 aliphatic rings. The molecule has 1 rings (SSSR count). The Kier molecular flexibility index (Phi) is 5.36. The Morgan fingerprint density at radius 3 is 2.88 bits per heavy atom. The maximum absolute atomic E-state index is 5.96. The second kappa shape index (κ2) is 6.56. The normalized spacial score (nSPS) is 10.2. The SMILES string of the molecule is C=C(C)COc1ccc(Cl)cc1CNCC. The largest absolute Gasteiger partial charge is 0.489 e. The summed E-state index contributed by atoms with van der Waals surface area (Å²) in [6, 6.07) is 5.67. The molecular formula is C13H18ClNO. The number of benzene rings is 1. The zero-order valence-electron chi connectivity index (χ0n) is 9.85. The molecule has 0 bridgehead atoms. The zero-order valence-corrected chi connectivity index (χ0v) is 10.6. The lowest BCUT2D eigenvalue weighted by Gasteiger charge is -2.12. The molecule has 0 saturated carbocycles. The molecule has 0 heterocycles. The smallest absolute Gasteiger partial charge is 0.124 e. The third-order valence-corrected chi connectivity index (χ3v) is 2.30. The average molecular weight is 240 g/mol. The number of halogens is 1. The van der Waals surface area contributed by atoms with Gasteiger partial charge in [0.25, 0.3) is 0 Å². The molecule has 0 unspecified atom stereocenters. The molecule has 0 aliphatic heterocycles. The van der Waals surface area contributed by atoms with Crippen LogP contribution in [0.3, 0.4) is 0 Å². The number of hydrogen-bond donors (Lipinski definition) is 1. The molecule has 88 valence electrons. The summed E-state index contributed by atoms with van der Waals surface area (Å²) in [4.78, 5) is 0. The highest BCUT2D eigenvalue weighted by Crippen LogP contribution is 2.23. The second-order valence-electron chi connectivity index (χ2n) is 3.78. The number of nitrogens with one attached hydrogen (secondary N) is 1. The molecule has 1 N–H and O–H groups in total. The zero-order chi connectivity index (χ0) is 12.0. The van der Waals surface area contributed by atoms with Gasteiger partial charge in [0.15, 0.2) is 0 Å². The van der Waals surface area contributed by atoms with E-state index in [2.05, 4.69) is 18.8 Å². The molecule has 0 saturated heterocycles. The van der Waals surface area contributed by atoms with Gasteiger partial charge in [-0.1, -0.05) is 25.1 Å². The molecule has 0 aliphatic carbocycles. The van der Waals surface area contributed by atoms with Crippen LogP contribution in [-0.2, 0) is 6.54 Å². The number of ether oxygens (including phenoxy) is 1. The van der Waals surface area contributed by atoms with Crippen LogP contribution < -0.4 is 10.1 Å². The van der Waals surface area contributed by atoms with Crippen molar-refractivity contribution in [3.8, 4) is 5.75 Å². The Balaban J connectivity index is 2.76. The van der Waals surface area contributed by atoms with Crippen LogP contribution in [0.1, 0.15) is 19.4 Å². The molecular weight excluding hydrogens is 222 g/mol. The van der Waals surface area contributed by atoms with Gasteiger partial charge in [-0.05, 0) is 37.2 Å². The maximum Gasteiger partial charge on any atom is 0.124 e. The first-order valence-corrected chi connectivity index (χ1v) is 5.77. The Hall–Kier alpha value is -0.990. The third-order valence-electron chi connectivity index (χ3n) is 2.06. The first-order valence-electron chi connectivity index (χ1n) is 5.39. The second-order valence-corrected chi connectivity index (χ2v) is 4.21. The van der Waals surface area contributed by atoms with E-state index >= 15 is 0 Å². The fourth-order valence-electron chi connectivity index (χ4n) is 1.29. The standard InChI is InChI=1S/C13H18ClNO/c1-4-15-8-11-7-12(14)5-6-13(11)16-9-10(2)3/h5-7,15H,2,4,8-9H2,1,3H3. The van der Waals surface area contributed by atoms with Gasteiger partial charge in [0.1, 0.15) is 12.4 Å². The van der Waals surface area contributed by atoms with E-state index in [0.29, 0.717) is 6.61 Å². The van der Waals surface area contributed by atoms with Crippen molar-refractivity contribution in [3.05, 3.63) is 40.9 Å². The van der Waals surface area contributed by atoms with E-state index in [-0.39, 0.29) is 0 Å². The van der Waals surface area contributed by atoms with Gasteiger partial charge in [0, 0.05) is 17.1 Å². The van der Waals surface area contributed by atoms with Crippen LogP contribution in [0.5, 0.6) is 5.75 Å². The lowest BCUT2D eigenvalue weighted by atomic mass is 10.2. The van der Waals surface area contributed by atoms with Crippen molar-refractivity contribution < 1.29 is 4.74 Å². The van der Waals surface area contributed by atoms with E-state index in [0.717, 1.165) is 35.0 Å². The number of rotatable bonds is 6. The summed E-state index contributed by atoms with van der Waals surface area (Å²) in [5.41, 5.74) is 2.08. The molecule has 0 fully saturated rings. The fourth-order valence-corrected chi connectivity index (χ4v) is 1.48. The highest BCUT2D eigenvalue weighted by Gasteiger charge is 2.04. The first kappa shape index (κ1) is 13.1. The first-order chi connectivity index (χ1) is 7.63. The van der Waals surface area contributed by atoms with Crippen LogP contribution in [0, 0.1) is 0 Å². The van der Waals surface area contributed by atoms with Crippen molar-refractivity contribution in [1.82, 2.24) is 5.32 Å². The molecule has 0 aromatic heterocycles. The predicted octanol–water partition coefficient (Wildman–Crippen LogP) is 3.40. The minimum Gasteiger partial charge on any atom is -0.489 e. The van der Waals surface area contributed by atoms with Crippen LogP contribution in [0.4, 0.5) is 0 Å². The van der Waals surface area contributed by atoms with E-state index < -0.39 is 0 Å². The molecule has 0 amide bonds. The highest BCUT2D eigenvalue weighted by molar-refractivity contribution is 6.30. The summed E-state index contributed by atoms with van der Waals surface area (Å²) in [6.45, 7) is 10.1. The van der Waals surface area contributed by atoms with Crippen LogP contribution in [0.2, 0.25) is 5.02 Å². The van der Waals surface area contributed by atoms with Crippen molar-refractivity contribution in [2.45, 2.75) is 20.4 Å². The van der Waals surface area contributed by atoms with Gasteiger partial charge in [0.05, 0.1) is 0 Å². The summed E-state index contributed by atoms with van der Waals surface area (Å²) in [7, 11) is 0. The van der Waals surface area contributed by atoms with Gasteiger partial charge in [-0.25, -0.2) is 0 Å². The van der Waals surface area contributed by atoms with Gasteiger partial charge in [-0.2, -0.15) is 0 Å². The van der Waals surface area contributed by atoms with Crippen molar-refractivity contribution in [2.75, 3.05) is 13.2 Å². The van der Waals surface area contributed by atoms with Crippen LogP contribution in [-0.4, -0.2) is 13.2 Å². The number of hydrogen-bond acceptors (Lipinski definition) is 2. The minimum atomic E-state index is 0.542. The van der Waals surface area contributed by atoms with Gasteiger partial charge < -0.3 is 10.1 Å². The van der Waals surface area contributed by atoms with Gasteiger partial charge in [-0.15, -0.1) is 0 Å². The molecule has 0 radical (unpaired) electrons. The van der Waals surface area contributed by atoms with E-state index in [1.165, 1.54) is 0 Å². The Labute approximate surface area is 102 Å². The Morgan fingerprint density at radius 2 is 2.25 bits per heavy atom. The van der Waals surface area contributed by atoms with Crippen LogP contribution in [0.25, 0.3) is 0 Å². The van der Waals surface area contributed by atoms with Crippen LogP contribution in [0.15, 0.2) is 30.4 Å². The summed E-state index contributed by atoms with van der Waals surface area (Å²) < 4.78 is 5.65. The van der Waals surface area contributed by atoms with E-state index in [4.69, 9.17) is 16.3 Å². The quantitative estimate of drug-likeness (QED) is 0.769. The van der Waals surface area contributed by atoms with Crippen molar-refractivity contribution in [1.29, 1.82) is 0 Å². The topological polar surface area (TPSA) is 21.3 Å². The minimum absolute atomic E-state index is 0.542. The van der Waals surface area contributed by atoms with E-state index in [9.17, 15) is 0 Å². The molecule has 3 heteroatoms. The van der Waals surface area contributed by atoms with E-state index in [1.807, 2.05) is 25.1 Å². The maximum atomic E-state index is 5.96. The lowest BCUT2D eigenvalue weighted by molar-refractivity contribution is 0.348. The molecule has 1 aromatic rings. The summed E-state index contributed by atoms with van der Waals surface area (Å²) in [5.74, 6) is 0.869. The molecule has 16 heavy (non-hydrogen) atoms. The molecule has 2 nitrogen and oxygen atoms in total. The lowest BCUT2D eigenvalue weighted by Crippen LogP contribution is -2.13. The fraction of sp³-hybridized carbons (Fsp3) is 0.385. The summed E-state index contributed by atoms with van der Waals surface area (Å²) in [6.07, 6.45) is 0. The Morgan fingerprint density at radius 1 is 1.50 bits per heavy atom. The average Bonchev–Trinajstić information content (AvgIpc) is 2.24. The Bertz CT molecular complexity index is 363. The summed E-state index contributed by atoms with van der Waals surface area (Å²) in [5, 5.41) is 3.99. The monoisotopic (exact) mass is 239 g/mol. The molecule has 0 spiro atoms. The predicted molar refractivity (Wildman–Crippen MR) is 69.1 cm³/mol. The molecule has 0 atom stereocenters. The third kappa shape index (κ3) is 4.25. The van der Waals surface area contributed by atoms with Crippen molar-refractivity contribution in [3.63, 3.8) is 0 Å². The van der Waals surface area contributed by atoms with E-state index in [1.54, 1.807) is 0 Å².